The van der Waals surface area contributed by atoms with Gasteiger partial charge < -0.3 is 10.6 Å². The molecule has 1 saturated heterocycles. The van der Waals surface area contributed by atoms with E-state index in [4.69, 9.17) is 5.73 Å². The zero-order valence-electron chi connectivity index (χ0n) is 12.6. The van der Waals surface area contributed by atoms with Crippen molar-refractivity contribution in [1.82, 2.24) is 4.90 Å². The van der Waals surface area contributed by atoms with Crippen molar-refractivity contribution in [2.24, 2.45) is 29.4 Å². The lowest BCUT2D eigenvalue weighted by Crippen LogP contribution is -2.30. The van der Waals surface area contributed by atoms with Crippen LogP contribution in [0, 0.1) is 23.7 Å². The van der Waals surface area contributed by atoms with Crippen molar-refractivity contribution in [2.45, 2.75) is 52.4 Å². The van der Waals surface area contributed by atoms with Gasteiger partial charge in [0.05, 0.1) is 0 Å². The molecule has 0 bridgehead atoms. The van der Waals surface area contributed by atoms with Gasteiger partial charge in [0.2, 0.25) is 5.91 Å². The van der Waals surface area contributed by atoms with Crippen LogP contribution in [0.4, 0.5) is 0 Å². The number of rotatable bonds is 6. The topological polar surface area (TPSA) is 46.3 Å². The summed E-state index contributed by atoms with van der Waals surface area (Å²) in [6.07, 6.45) is 6.85. The molecule has 0 spiro atoms. The molecule has 2 N–H and O–H groups in total. The van der Waals surface area contributed by atoms with Crippen molar-refractivity contribution < 1.29 is 4.79 Å². The Morgan fingerprint density at radius 2 is 1.84 bits per heavy atom. The van der Waals surface area contributed by atoms with Gasteiger partial charge in [0.25, 0.3) is 0 Å². The highest BCUT2D eigenvalue weighted by Crippen LogP contribution is 2.38. The van der Waals surface area contributed by atoms with Crippen LogP contribution in [-0.4, -0.2) is 30.4 Å². The monoisotopic (exact) mass is 266 g/mol. The van der Waals surface area contributed by atoms with Crippen LogP contribution in [0.15, 0.2) is 0 Å². The summed E-state index contributed by atoms with van der Waals surface area (Å²) in [5.41, 5.74) is 5.66. The fraction of sp³-hybridized carbons (Fsp3) is 0.938. The summed E-state index contributed by atoms with van der Waals surface area (Å²) in [7, 11) is 0. The molecule has 0 aromatic heterocycles. The lowest BCUT2D eigenvalue weighted by atomic mass is 9.88. The zero-order valence-corrected chi connectivity index (χ0v) is 12.6. The van der Waals surface area contributed by atoms with Gasteiger partial charge in [0.1, 0.15) is 0 Å². The molecular weight excluding hydrogens is 236 g/mol. The third kappa shape index (κ3) is 3.71. The molecule has 1 saturated carbocycles. The maximum absolute atomic E-state index is 12.3. The predicted octanol–water partition coefficient (Wildman–Crippen LogP) is 2.65. The van der Waals surface area contributed by atoms with Gasteiger partial charge in [0, 0.05) is 19.5 Å². The van der Waals surface area contributed by atoms with E-state index in [0.29, 0.717) is 17.7 Å². The average molecular weight is 266 g/mol. The van der Waals surface area contributed by atoms with Crippen LogP contribution in [0.3, 0.4) is 0 Å². The second-order valence-corrected chi connectivity index (χ2v) is 6.87. The van der Waals surface area contributed by atoms with Crippen molar-refractivity contribution in [1.29, 1.82) is 0 Å². The Morgan fingerprint density at radius 3 is 2.37 bits per heavy atom. The predicted molar refractivity (Wildman–Crippen MR) is 78.6 cm³/mol. The van der Waals surface area contributed by atoms with E-state index in [2.05, 4.69) is 18.7 Å². The molecule has 3 atom stereocenters. The molecule has 19 heavy (non-hydrogen) atoms. The van der Waals surface area contributed by atoms with Crippen LogP contribution < -0.4 is 5.73 Å². The Kier molecular flexibility index (Phi) is 5.26. The van der Waals surface area contributed by atoms with Crippen LogP contribution in [0.25, 0.3) is 0 Å². The standard InChI is InChI=1S/C16H30N2O/c1-12(2)13(8-9-17)6-7-16(19)18-10-14-4-3-5-15(14)11-18/h12-15H,3-11,17H2,1-2H3. The summed E-state index contributed by atoms with van der Waals surface area (Å²) in [6.45, 7) is 7.29. The molecule has 1 aliphatic carbocycles. The molecule has 3 nitrogen and oxygen atoms in total. The molecule has 0 aromatic rings. The first-order chi connectivity index (χ1) is 9.11. The molecule has 1 amide bonds. The second kappa shape index (κ2) is 6.74. The van der Waals surface area contributed by atoms with Crippen LogP contribution in [-0.2, 0) is 4.79 Å². The van der Waals surface area contributed by atoms with E-state index in [-0.39, 0.29) is 0 Å². The number of nitrogens with zero attached hydrogens (tertiary/aromatic N) is 1. The Hall–Kier alpha value is -0.570. The first kappa shape index (κ1) is 14.8. The highest BCUT2D eigenvalue weighted by Gasteiger charge is 2.37. The molecule has 1 aliphatic heterocycles. The lowest BCUT2D eigenvalue weighted by molar-refractivity contribution is -0.130. The fourth-order valence-corrected chi connectivity index (χ4v) is 3.93. The van der Waals surface area contributed by atoms with Crippen LogP contribution in [0.2, 0.25) is 0 Å². The summed E-state index contributed by atoms with van der Waals surface area (Å²) < 4.78 is 0. The largest absolute Gasteiger partial charge is 0.342 e. The van der Waals surface area contributed by atoms with Gasteiger partial charge in [-0.2, -0.15) is 0 Å². The molecule has 0 aromatic carbocycles. The van der Waals surface area contributed by atoms with Gasteiger partial charge in [-0.1, -0.05) is 20.3 Å². The van der Waals surface area contributed by atoms with E-state index in [1.807, 2.05) is 0 Å². The van der Waals surface area contributed by atoms with E-state index in [9.17, 15) is 4.79 Å². The fourth-order valence-electron chi connectivity index (χ4n) is 3.93. The van der Waals surface area contributed by atoms with Gasteiger partial charge >= 0.3 is 0 Å². The van der Waals surface area contributed by atoms with Gasteiger partial charge in [0.15, 0.2) is 0 Å². The number of carbonyl (C=O) groups is 1. The van der Waals surface area contributed by atoms with E-state index >= 15 is 0 Å². The lowest BCUT2D eigenvalue weighted by Gasteiger charge is -2.22. The molecule has 3 unspecified atom stereocenters. The van der Waals surface area contributed by atoms with Crippen molar-refractivity contribution >= 4 is 5.91 Å². The van der Waals surface area contributed by atoms with Crippen LogP contribution in [0.1, 0.15) is 52.4 Å². The van der Waals surface area contributed by atoms with Gasteiger partial charge in [-0.15, -0.1) is 0 Å². The number of fused-ring (bicyclic) bond motifs is 1. The van der Waals surface area contributed by atoms with Crippen LogP contribution >= 0.6 is 0 Å². The third-order valence-electron chi connectivity index (χ3n) is 5.29. The van der Waals surface area contributed by atoms with Crippen molar-refractivity contribution in [3.63, 3.8) is 0 Å². The first-order valence-corrected chi connectivity index (χ1v) is 8.09. The Bertz CT molecular complexity index is 291. The molecule has 110 valence electrons. The quantitative estimate of drug-likeness (QED) is 0.803. The smallest absolute Gasteiger partial charge is 0.222 e. The Balaban J connectivity index is 1.75. The summed E-state index contributed by atoms with van der Waals surface area (Å²) >= 11 is 0. The minimum atomic E-state index is 0.386. The average Bonchev–Trinajstić information content (AvgIpc) is 2.94. The van der Waals surface area contributed by atoms with E-state index in [0.717, 1.165) is 50.7 Å². The van der Waals surface area contributed by atoms with E-state index in [1.54, 1.807) is 0 Å². The van der Waals surface area contributed by atoms with Crippen molar-refractivity contribution in [3.05, 3.63) is 0 Å². The number of nitrogens with two attached hydrogens (primary N) is 1. The second-order valence-electron chi connectivity index (χ2n) is 6.87. The third-order valence-corrected chi connectivity index (χ3v) is 5.29. The van der Waals surface area contributed by atoms with Crippen molar-refractivity contribution in [3.8, 4) is 0 Å². The SMILES string of the molecule is CC(C)C(CCN)CCC(=O)N1CC2CCCC2C1. The number of amides is 1. The minimum Gasteiger partial charge on any atom is -0.342 e. The number of likely N-dealkylation sites (tertiary alicyclic amines) is 1. The van der Waals surface area contributed by atoms with Crippen LogP contribution in [0.5, 0.6) is 0 Å². The molecule has 2 aliphatic rings. The molecule has 0 radical (unpaired) electrons. The van der Waals surface area contributed by atoms with Gasteiger partial charge in [-0.3, -0.25) is 4.79 Å². The highest BCUT2D eigenvalue weighted by molar-refractivity contribution is 5.76. The summed E-state index contributed by atoms with van der Waals surface area (Å²) in [6, 6.07) is 0. The maximum atomic E-state index is 12.3. The molecule has 3 heteroatoms. The molecule has 1 heterocycles. The van der Waals surface area contributed by atoms with Crippen molar-refractivity contribution in [2.75, 3.05) is 19.6 Å². The highest BCUT2D eigenvalue weighted by atomic mass is 16.2. The van der Waals surface area contributed by atoms with Gasteiger partial charge in [-0.25, -0.2) is 0 Å². The summed E-state index contributed by atoms with van der Waals surface area (Å²) in [5, 5.41) is 0. The Labute approximate surface area is 117 Å². The number of carbonyl (C=O) groups excluding carboxylic acids is 1. The minimum absolute atomic E-state index is 0.386. The summed E-state index contributed by atoms with van der Waals surface area (Å²) in [4.78, 5) is 14.4. The number of hydrogen-bond donors (Lipinski definition) is 1. The van der Waals surface area contributed by atoms with E-state index < -0.39 is 0 Å². The molecule has 2 fully saturated rings. The maximum Gasteiger partial charge on any atom is 0.222 e. The van der Waals surface area contributed by atoms with E-state index in [1.165, 1.54) is 19.3 Å². The number of hydrogen-bond acceptors (Lipinski definition) is 2. The zero-order chi connectivity index (χ0) is 13.8. The first-order valence-electron chi connectivity index (χ1n) is 8.09. The van der Waals surface area contributed by atoms with Gasteiger partial charge in [-0.05, 0) is 55.9 Å². The normalized spacial score (nSPS) is 27.9. The molecular formula is C16H30N2O. The Morgan fingerprint density at radius 1 is 1.21 bits per heavy atom. The summed E-state index contributed by atoms with van der Waals surface area (Å²) in [5.74, 6) is 3.25. The molecule has 2 rings (SSSR count).